The highest BCUT2D eigenvalue weighted by Crippen LogP contribution is 2.37. The van der Waals surface area contributed by atoms with E-state index in [-0.39, 0.29) is 11.7 Å². The summed E-state index contributed by atoms with van der Waals surface area (Å²) in [5, 5.41) is 9.09. The summed E-state index contributed by atoms with van der Waals surface area (Å²) in [5.41, 5.74) is 3.59. The fourth-order valence-electron chi connectivity index (χ4n) is 2.31. The van der Waals surface area contributed by atoms with E-state index in [2.05, 4.69) is 24.3 Å². The van der Waals surface area contributed by atoms with Crippen LogP contribution in [0, 0.1) is 0 Å². The normalized spacial score (nSPS) is 12.1. The summed E-state index contributed by atoms with van der Waals surface area (Å²) in [6.45, 7) is 0. The Hall–Kier alpha value is -1.74. The van der Waals surface area contributed by atoms with Crippen LogP contribution in [-0.4, -0.2) is 17.3 Å². The molecular weight excluding hydrogens is 268 g/mol. The summed E-state index contributed by atoms with van der Waals surface area (Å²) in [7, 11) is 0. The molecule has 2 nitrogen and oxygen atoms in total. The highest BCUT2D eigenvalue weighted by atomic mass is 32.2. The molecule has 0 bridgehead atoms. The molecule has 2 aromatic carbocycles. The minimum atomic E-state index is -0.735. The number of hydrogen-bond acceptors (Lipinski definition) is 2. The maximum Gasteiger partial charge on any atom is 0.303 e. The Morgan fingerprint density at radius 3 is 2.40 bits per heavy atom. The van der Waals surface area contributed by atoms with Crippen molar-refractivity contribution in [2.75, 3.05) is 6.26 Å². The van der Waals surface area contributed by atoms with Crippen molar-refractivity contribution in [3.05, 3.63) is 60.2 Å². The molecule has 0 aliphatic rings. The smallest absolute Gasteiger partial charge is 0.303 e. The quantitative estimate of drug-likeness (QED) is 0.841. The van der Waals surface area contributed by atoms with Crippen LogP contribution in [0.15, 0.2) is 54.6 Å². The lowest BCUT2D eigenvalue weighted by Crippen LogP contribution is -2.01. The van der Waals surface area contributed by atoms with Crippen LogP contribution in [-0.2, 0) is 4.79 Å². The Kier molecular flexibility index (Phi) is 5.24. The maximum atomic E-state index is 10.8. The average Bonchev–Trinajstić information content (AvgIpc) is 2.49. The first-order chi connectivity index (χ1) is 9.72. The van der Waals surface area contributed by atoms with Gasteiger partial charge in [0.05, 0.1) is 0 Å². The van der Waals surface area contributed by atoms with E-state index in [1.807, 2.05) is 36.6 Å². The standard InChI is InChI=1S/C17H18O2S/c1-20-16(11-12-17(18)19)15-10-6-5-9-14(15)13-7-3-2-4-8-13/h2-10,16H,11-12H2,1H3,(H,18,19). The summed E-state index contributed by atoms with van der Waals surface area (Å²) in [4.78, 5) is 10.8. The number of aliphatic carboxylic acids is 1. The van der Waals surface area contributed by atoms with E-state index in [1.54, 1.807) is 11.8 Å². The first kappa shape index (κ1) is 14.7. The van der Waals surface area contributed by atoms with Crippen LogP contribution < -0.4 is 0 Å². The van der Waals surface area contributed by atoms with Gasteiger partial charge in [0.15, 0.2) is 0 Å². The molecular formula is C17H18O2S. The molecule has 0 heterocycles. The lowest BCUT2D eigenvalue weighted by atomic mass is 9.96. The Morgan fingerprint density at radius 1 is 1.10 bits per heavy atom. The third-order valence-electron chi connectivity index (χ3n) is 3.30. The molecule has 0 aliphatic carbocycles. The second-order valence-electron chi connectivity index (χ2n) is 4.61. The molecule has 2 rings (SSSR count). The van der Waals surface area contributed by atoms with Crippen molar-refractivity contribution in [2.24, 2.45) is 0 Å². The number of rotatable bonds is 6. The number of benzene rings is 2. The zero-order valence-corrected chi connectivity index (χ0v) is 12.3. The minimum Gasteiger partial charge on any atom is -0.481 e. The van der Waals surface area contributed by atoms with Gasteiger partial charge in [-0.15, -0.1) is 0 Å². The molecule has 0 saturated heterocycles. The second kappa shape index (κ2) is 7.15. The SMILES string of the molecule is CSC(CCC(=O)O)c1ccccc1-c1ccccc1. The first-order valence-electron chi connectivity index (χ1n) is 6.61. The summed E-state index contributed by atoms with van der Waals surface area (Å²) in [6, 6.07) is 18.5. The fourth-order valence-corrected chi connectivity index (χ4v) is 3.13. The van der Waals surface area contributed by atoms with Gasteiger partial charge in [-0.1, -0.05) is 54.6 Å². The Labute approximate surface area is 123 Å². The molecule has 0 radical (unpaired) electrons. The third kappa shape index (κ3) is 3.64. The lowest BCUT2D eigenvalue weighted by Gasteiger charge is -2.18. The van der Waals surface area contributed by atoms with Crippen LogP contribution in [0.5, 0.6) is 0 Å². The van der Waals surface area contributed by atoms with E-state index in [0.29, 0.717) is 6.42 Å². The van der Waals surface area contributed by atoms with Crippen molar-refractivity contribution in [2.45, 2.75) is 18.1 Å². The minimum absolute atomic E-state index is 0.203. The summed E-state index contributed by atoms with van der Waals surface area (Å²) in [6.07, 6.45) is 2.89. The van der Waals surface area contributed by atoms with Crippen LogP contribution in [0.3, 0.4) is 0 Å². The van der Waals surface area contributed by atoms with E-state index in [9.17, 15) is 4.79 Å². The molecule has 0 aromatic heterocycles. The number of hydrogen-bond donors (Lipinski definition) is 1. The van der Waals surface area contributed by atoms with Gasteiger partial charge < -0.3 is 5.11 Å². The second-order valence-corrected chi connectivity index (χ2v) is 5.65. The van der Waals surface area contributed by atoms with E-state index >= 15 is 0 Å². The van der Waals surface area contributed by atoms with E-state index in [1.165, 1.54) is 16.7 Å². The fraction of sp³-hybridized carbons (Fsp3) is 0.235. The summed E-state index contributed by atoms with van der Waals surface area (Å²) >= 11 is 1.71. The molecule has 0 spiro atoms. The zero-order valence-electron chi connectivity index (χ0n) is 11.5. The number of carboxylic acid groups (broad SMARTS) is 1. The van der Waals surface area contributed by atoms with E-state index in [4.69, 9.17) is 5.11 Å². The van der Waals surface area contributed by atoms with Crippen molar-refractivity contribution in [1.82, 2.24) is 0 Å². The summed E-state index contributed by atoms with van der Waals surface area (Å²) in [5.74, 6) is -0.735. The van der Waals surface area contributed by atoms with Crippen molar-refractivity contribution in [3.63, 3.8) is 0 Å². The van der Waals surface area contributed by atoms with Gasteiger partial charge in [-0.25, -0.2) is 0 Å². The van der Waals surface area contributed by atoms with Crippen molar-refractivity contribution in [1.29, 1.82) is 0 Å². The molecule has 1 atom stereocenters. The van der Waals surface area contributed by atoms with Crippen molar-refractivity contribution >= 4 is 17.7 Å². The molecule has 20 heavy (non-hydrogen) atoms. The molecule has 1 N–H and O–H groups in total. The largest absolute Gasteiger partial charge is 0.481 e. The average molecular weight is 286 g/mol. The molecule has 2 aromatic rings. The Balaban J connectivity index is 2.33. The first-order valence-corrected chi connectivity index (χ1v) is 7.90. The van der Waals surface area contributed by atoms with E-state index < -0.39 is 5.97 Å². The van der Waals surface area contributed by atoms with Crippen LogP contribution in [0.4, 0.5) is 0 Å². The molecule has 104 valence electrons. The van der Waals surface area contributed by atoms with Gasteiger partial charge in [0, 0.05) is 11.7 Å². The van der Waals surface area contributed by atoms with Crippen LogP contribution in [0.1, 0.15) is 23.7 Å². The molecule has 0 saturated carbocycles. The molecule has 0 fully saturated rings. The molecule has 3 heteroatoms. The third-order valence-corrected chi connectivity index (χ3v) is 4.36. The number of carboxylic acids is 1. The highest BCUT2D eigenvalue weighted by molar-refractivity contribution is 7.98. The van der Waals surface area contributed by atoms with Gasteiger partial charge in [0.1, 0.15) is 0 Å². The van der Waals surface area contributed by atoms with Crippen molar-refractivity contribution in [3.8, 4) is 11.1 Å². The van der Waals surface area contributed by atoms with Gasteiger partial charge in [-0.05, 0) is 29.4 Å². The van der Waals surface area contributed by atoms with Gasteiger partial charge in [-0.2, -0.15) is 11.8 Å². The summed E-state index contributed by atoms with van der Waals surface area (Å²) < 4.78 is 0. The molecule has 1 unspecified atom stereocenters. The predicted octanol–water partition coefficient (Wildman–Crippen LogP) is 4.62. The number of thioether (sulfide) groups is 1. The predicted molar refractivity (Wildman–Crippen MR) is 85.0 cm³/mol. The van der Waals surface area contributed by atoms with Gasteiger partial charge in [-0.3, -0.25) is 4.79 Å². The highest BCUT2D eigenvalue weighted by Gasteiger charge is 2.16. The Morgan fingerprint density at radius 2 is 1.75 bits per heavy atom. The van der Waals surface area contributed by atoms with E-state index in [0.717, 1.165) is 0 Å². The lowest BCUT2D eigenvalue weighted by molar-refractivity contribution is -0.137. The monoisotopic (exact) mass is 286 g/mol. The van der Waals surface area contributed by atoms with Gasteiger partial charge in [0.25, 0.3) is 0 Å². The number of carbonyl (C=O) groups is 1. The van der Waals surface area contributed by atoms with Crippen LogP contribution in [0.2, 0.25) is 0 Å². The van der Waals surface area contributed by atoms with Crippen LogP contribution in [0.25, 0.3) is 11.1 Å². The molecule has 0 amide bonds. The zero-order chi connectivity index (χ0) is 14.4. The van der Waals surface area contributed by atoms with Gasteiger partial charge in [0.2, 0.25) is 0 Å². The van der Waals surface area contributed by atoms with Crippen molar-refractivity contribution < 1.29 is 9.90 Å². The Bertz CT molecular complexity index is 566. The maximum absolute atomic E-state index is 10.8. The molecule has 0 aliphatic heterocycles. The van der Waals surface area contributed by atoms with Crippen LogP contribution >= 0.6 is 11.8 Å². The topological polar surface area (TPSA) is 37.3 Å². The van der Waals surface area contributed by atoms with Gasteiger partial charge >= 0.3 is 5.97 Å².